The molecular weight excluding hydrogens is 236 g/mol. The van der Waals surface area contributed by atoms with E-state index < -0.39 is 0 Å². The van der Waals surface area contributed by atoms with Gasteiger partial charge in [0.2, 0.25) is 0 Å². The van der Waals surface area contributed by atoms with Crippen molar-refractivity contribution in [1.29, 1.82) is 0 Å². The molecule has 0 amide bonds. The van der Waals surface area contributed by atoms with Crippen molar-refractivity contribution in [3.8, 4) is 0 Å². The van der Waals surface area contributed by atoms with E-state index in [4.69, 9.17) is 10.2 Å². The molecule has 0 heterocycles. The van der Waals surface area contributed by atoms with Gasteiger partial charge in [-0.15, -0.1) is 12.8 Å². The first-order valence-corrected chi connectivity index (χ1v) is 5.71. The molecule has 2 rings (SSSR count). The molecule has 2 aliphatic rings. The molecule has 0 aromatic carbocycles. The Hall–Kier alpha value is -0.536. The van der Waals surface area contributed by atoms with Crippen molar-refractivity contribution >= 4 is 4.82 Å². The third kappa shape index (κ3) is 23.4. The maximum absolute atomic E-state index is 8.25. The van der Waals surface area contributed by atoms with Crippen LogP contribution in [0.25, 0.3) is 0 Å². The summed E-state index contributed by atoms with van der Waals surface area (Å²) < 4.78 is 0. The second kappa shape index (κ2) is 29.3. The zero-order chi connectivity index (χ0) is 13.1. The fraction of sp³-hybridized carbons (Fsp3) is 0.308. The molecule has 0 aromatic rings. The first-order chi connectivity index (χ1) is 8.00. The van der Waals surface area contributed by atoms with Crippen molar-refractivity contribution in [1.82, 2.24) is 0 Å². The summed E-state index contributed by atoms with van der Waals surface area (Å²) in [6, 6.07) is 0. The molecule has 16 heavy (non-hydrogen) atoms. The third-order valence-electron chi connectivity index (χ3n) is 1.17. The first kappa shape index (κ1) is 20.8. The minimum atomic E-state index is 0.750. The van der Waals surface area contributed by atoms with Gasteiger partial charge in [0.25, 0.3) is 0 Å². The van der Waals surface area contributed by atoms with Crippen LogP contribution in [0.15, 0.2) is 36.5 Å². The molecule has 0 radical (unpaired) electrons. The Morgan fingerprint density at radius 2 is 1.19 bits per heavy atom. The van der Waals surface area contributed by atoms with E-state index in [9.17, 15) is 0 Å². The normalized spacial score (nSPS) is 12.1. The third-order valence-corrected chi connectivity index (χ3v) is 1.17. The molecule has 3 heteroatoms. The molecule has 2 aliphatic carbocycles. The molecule has 2 nitrogen and oxygen atoms in total. The second-order valence-corrected chi connectivity index (χ2v) is 2.01. The van der Waals surface area contributed by atoms with E-state index in [1.165, 1.54) is 0 Å². The van der Waals surface area contributed by atoms with Crippen LogP contribution in [0, 0.1) is 12.2 Å². The standard InChI is InChI=1S/2C5H5.2CH3O.CH2.Ti/c2*1-2-4-5-3-1;2*1-2;;/h2*1-3H,4H2;2*1H3;1H2;/q4*-1;;+2. The van der Waals surface area contributed by atoms with E-state index in [1.807, 2.05) is 24.3 Å². The Labute approximate surface area is 111 Å². The van der Waals surface area contributed by atoms with Gasteiger partial charge in [0, 0.05) is 0 Å². The van der Waals surface area contributed by atoms with Crippen LogP contribution in [0.5, 0.6) is 0 Å². The second-order valence-electron chi connectivity index (χ2n) is 2.01. The molecular formula is C13H18O2Ti-2. The van der Waals surface area contributed by atoms with Gasteiger partial charge < -0.3 is 10.2 Å². The fourth-order valence-electron chi connectivity index (χ4n) is 0.680. The van der Waals surface area contributed by atoms with Crippen molar-refractivity contribution in [3.63, 3.8) is 0 Å². The summed E-state index contributed by atoms with van der Waals surface area (Å²) in [6.45, 7) is 0. The van der Waals surface area contributed by atoms with E-state index in [-0.39, 0.29) is 0 Å². The molecule has 0 N–H and O–H groups in total. The zero-order valence-electron chi connectivity index (χ0n) is 9.90. The SMILES string of the molecule is C[O-].C[O-].[C-]1=CC=CC1.[C-]1=CC=CC1.[CH2]=[Ti+2]. The van der Waals surface area contributed by atoms with Gasteiger partial charge in [0.1, 0.15) is 0 Å². The molecule has 0 unspecified atom stereocenters. The van der Waals surface area contributed by atoms with Crippen LogP contribution >= 0.6 is 0 Å². The van der Waals surface area contributed by atoms with Crippen molar-refractivity contribution in [3.05, 3.63) is 48.6 Å². The molecule has 0 spiro atoms. The summed E-state index contributed by atoms with van der Waals surface area (Å²) in [4.78, 5) is 3.25. The van der Waals surface area contributed by atoms with Gasteiger partial charge in [-0.3, -0.25) is 12.2 Å². The monoisotopic (exact) mass is 254 g/mol. The number of allylic oxidation sites excluding steroid dienone is 8. The van der Waals surface area contributed by atoms with E-state index in [0.29, 0.717) is 0 Å². The van der Waals surface area contributed by atoms with Crippen LogP contribution in [0.4, 0.5) is 0 Å². The predicted octanol–water partition coefficient (Wildman–Crippen LogP) is 0.530. The van der Waals surface area contributed by atoms with E-state index >= 15 is 0 Å². The summed E-state index contributed by atoms with van der Waals surface area (Å²) in [7, 11) is 1.50. The molecule has 0 aromatic heterocycles. The van der Waals surface area contributed by atoms with E-state index in [0.717, 1.165) is 27.1 Å². The summed E-state index contributed by atoms with van der Waals surface area (Å²) in [5, 5.41) is 16.5. The van der Waals surface area contributed by atoms with Crippen LogP contribution in [-0.4, -0.2) is 19.0 Å². The van der Waals surface area contributed by atoms with Crippen LogP contribution < -0.4 is 10.2 Å². The zero-order valence-corrected chi connectivity index (χ0v) is 11.5. The molecule has 0 atom stereocenters. The average Bonchev–Trinajstić information content (AvgIpc) is 3.14. The summed E-state index contributed by atoms with van der Waals surface area (Å²) in [5.41, 5.74) is 0. The molecule has 0 bridgehead atoms. The van der Waals surface area contributed by atoms with Crippen molar-refractivity contribution in [2.45, 2.75) is 12.8 Å². The number of rotatable bonds is 0. The maximum atomic E-state index is 8.25. The van der Waals surface area contributed by atoms with Crippen molar-refractivity contribution < 1.29 is 30.2 Å². The van der Waals surface area contributed by atoms with Gasteiger partial charge in [-0.25, -0.2) is 24.3 Å². The first-order valence-electron chi connectivity index (χ1n) is 4.60. The Balaban J connectivity index is -0.000000146. The Kier molecular flexibility index (Phi) is 38.1. The van der Waals surface area contributed by atoms with Crippen LogP contribution in [0.3, 0.4) is 0 Å². The molecule has 88 valence electrons. The van der Waals surface area contributed by atoms with E-state index in [1.54, 1.807) is 20.0 Å². The summed E-state index contributed by atoms with van der Waals surface area (Å²) in [6.07, 6.45) is 20.0. The Bertz CT molecular complexity index is 164. The molecule has 0 aliphatic heterocycles. The van der Waals surface area contributed by atoms with Crippen LogP contribution in [-0.2, 0) is 20.0 Å². The minimum absolute atomic E-state index is 0.750. The van der Waals surface area contributed by atoms with E-state index in [2.05, 4.69) is 29.1 Å². The van der Waals surface area contributed by atoms with Gasteiger partial charge >= 0.3 is 24.8 Å². The summed E-state index contributed by atoms with van der Waals surface area (Å²) >= 11 is 1.75. The summed E-state index contributed by atoms with van der Waals surface area (Å²) in [5.74, 6) is 0. The van der Waals surface area contributed by atoms with Gasteiger partial charge in [0.05, 0.1) is 0 Å². The Morgan fingerprint density at radius 1 is 0.875 bits per heavy atom. The van der Waals surface area contributed by atoms with Gasteiger partial charge in [0.15, 0.2) is 0 Å². The molecule has 0 saturated carbocycles. The molecule has 0 saturated heterocycles. The van der Waals surface area contributed by atoms with Gasteiger partial charge in [-0.2, -0.15) is 26.4 Å². The van der Waals surface area contributed by atoms with Gasteiger partial charge in [-0.1, -0.05) is 0 Å². The van der Waals surface area contributed by atoms with Gasteiger partial charge in [-0.05, 0) is 0 Å². The quantitative estimate of drug-likeness (QED) is 0.467. The number of hydrogen-bond donors (Lipinski definition) is 0. The van der Waals surface area contributed by atoms with Crippen molar-refractivity contribution in [2.75, 3.05) is 14.2 Å². The topological polar surface area (TPSA) is 46.1 Å². The fourth-order valence-corrected chi connectivity index (χ4v) is 0.680. The molecule has 0 fully saturated rings. The number of hydrogen-bond acceptors (Lipinski definition) is 2. The average molecular weight is 254 g/mol. The Morgan fingerprint density at radius 3 is 1.25 bits per heavy atom. The predicted molar refractivity (Wildman–Crippen MR) is 62.1 cm³/mol. The van der Waals surface area contributed by atoms with Crippen molar-refractivity contribution in [2.24, 2.45) is 0 Å². The van der Waals surface area contributed by atoms with Crippen LogP contribution in [0.2, 0.25) is 0 Å². The van der Waals surface area contributed by atoms with Crippen LogP contribution in [0.1, 0.15) is 12.8 Å².